The summed E-state index contributed by atoms with van der Waals surface area (Å²) in [5.74, 6) is 0. The van der Waals surface area contributed by atoms with Gasteiger partial charge in [-0.3, -0.25) is 9.78 Å². The number of carbonyl (C=O) groups is 1. The number of nitrogens with zero attached hydrogens (tertiary/aromatic N) is 1. The third kappa shape index (κ3) is 1.88. The maximum atomic E-state index is 10.6. The van der Waals surface area contributed by atoms with E-state index in [2.05, 4.69) is 11.6 Å². The van der Waals surface area contributed by atoms with Crippen molar-refractivity contribution in [2.45, 2.75) is 0 Å². The standard InChI is InChI=1S/C8H6ClNO/c1-6(8(9)11)7-4-2-3-5-10-7/h2-5H,1H2. The summed E-state index contributed by atoms with van der Waals surface area (Å²) in [6.07, 6.45) is 1.58. The number of rotatable bonds is 2. The van der Waals surface area contributed by atoms with Crippen LogP contribution in [0.2, 0.25) is 0 Å². The predicted molar refractivity (Wildman–Crippen MR) is 44.1 cm³/mol. The molecule has 1 aromatic heterocycles. The summed E-state index contributed by atoms with van der Waals surface area (Å²) in [4.78, 5) is 14.5. The Morgan fingerprint density at radius 2 is 2.27 bits per heavy atom. The quantitative estimate of drug-likeness (QED) is 0.497. The maximum Gasteiger partial charge on any atom is 0.253 e. The molecule has 0 bridgehead atoms. The normalized spacial score (nSPS) is 9.18. The molecule has 0 saturated carbocycles. The molecule has 0 aliphatic rings. The molecule has 0 aliphatic carbocycles. The minimum atomic E-state index is -0.566. The molecule has 2 nitrogen and oxygen atoms in total. The van der Waals surface area contributed by atoms with Crippen molar-refractivity contribution in [3.05, 3.63) is 36.7 Å². The van der Waals surface area contributed by atoms with E-state index in [9.17, 15) is 4.79 Å². The first kappa shape index (κ1) is 7.95. The van der Waals surface area contributed by atoms with E-state index in [0.717, 1.165) is 0 Å². The van der Waals surface area contributed by atoms with Gasteiger partial charge in [-0.15, -0.1) is 0 Å². The van der Waals surface area contributed by atoms with E-state index in [-0.39, 0.29) is 5.57 Å². The summed E-state index contributed by atoms with van der Waals surface area (Å²) in [5, 5.41) is -0.566. The van der Waals surface area contributed by atoms with Crippen molar-refractivity contribution in [2.24, 2.45) is 0 Å². The summed E-state index contributed by atoms with van der Waals surface area (Å²) in [6, 6.07) is 5.21. The molecule has 0 aliphatic heterocycles. The molecule has 0 saturated heterocycles. The van der Waals surface area contributed by atoms with Gasteiger partial charge in [-0.2, -0.15) is 0 Å². The van der Waals surface area contributed by atoms with Crippen LogP contribution in [-0.4, -0.2) is 10.2 Å². The fourth-order valence-corrected chi connectivity index (χ4v) is 0.739. The van der Waals surface area contributed by atoms with Crippen LogP contribution in [0.1, 0.15) is 5.69 Å². The molecule has 0 aromatic carbocycles. The van der Waals surface area contributed by atoms with Gasteiger partial charge in [0.05, 0.1) is 11.3 Å². The topological polar surface area (TPSA) is 30.0 Å². The fraction of sp³-hybridized carbons (Fsp3) is 0. The zero-order chi connectivity index (χ0) is 8.27. The third-order valence-corrected chi connectivity index (χ3v) is 1.44. The summed E-state index contributed by atoms with van der Waals surface area (Å²) in [5.41, 5.74) is 0.750. The molecule has 3 heteroatoms. The molecule has 56 valence electrons. The van der Waals surface area contributed by atoms with Gasteiger partial charge in [-0.25, -0.2) is 0 Å². The molecule has 0 N–H and O–H groups in total. The molecule has 0 unspecified atom stereocenters. The number of carbonyl (C=O) groups excluding carboxylic acids is 1. The van der Waals surface area contributed by atoms with Crippen LogP contribution in [-0.2, 0) is 4.79 Å². The van der Waals surface area contributed by atoms with Crippen LogP contribution >= 0.6 is 11.6 Å². The van der Waals surface area contributed by atoms with Crippen LogP contribution < -0.4 is 0 Å². The molecule has 0 atom stereocenters. The number of pyridine rings is 1. The van der Waals surface area contributed by atoms with Crippen LogP contribution in [0, 0.1) is 0 Å². The highest BCUT2D eigenvalue weighted by molar-refractivity contribution is 6.74. The van der Waals surface area contributed by atoms with Crippen LogP contribution in [0.5, 0.6) is 0 Å². The average Bonchev–Trinajstić information content (AvgIpc) is 2.05. The van der Waals surface area contributed by atoms with E-state index in [0.29, 0.717) is 5.69 Å². The lowest BCUT2D eigenvalue weighted by atomic mass is 10.2. The number of allylic oxidation sites excluding steroid dienone is 1. The second-order valence-electron chi connectivity index (χ2n) is 1.97. The van der Waals surface area contributed by atoms with E-state index in [1.165, 1.54) is 0 Å². The first-order valence-corrected chi connectivity index (χ1v) is 3.40. The van der Waals surface area contributed by atoms with E-state index in [4.69, 9.17) is 11.6 Å². The van der Waals surface area contributed by atoms with Crippen molar-refractivity contribution in [1.82, 2.24) is 4.98 Å². The second kappa shape index (κ2) is 3.30. The molecular formula is C8H6ClNO. The molecule has 0 fully saturated rings. The summed E-state index contributed by atoms with van der Waals surface area (Å²) < 4.78 is 0. The largest absolute Gasteiger partial charge is 0.276 e. The summed E-state index contributed by atoms with van der Waals surface area (Å²) in [6.45, 7) is 3.48. The van der Waals surface area contributed by atoms with Crippen LogP contribution in [0.15, 0.2) is 31.0 Å². The Morgan fingerprint density at radius 1 is 1.55 bits per heavy atom. The van der Waals surface area contributed by atoms with Gasteiger partial charge in [0, 0.05) is 6.20 Å². The highest BCUT2D eigenvalue weighted by Crippen LogP contribution is 2.10. The Hall–Kier alpha value is -1.15. The van der Waals surface area contributed by atoms with Gasteiger partial charge in [-0.05, 0) is 23.7 Å². The zero-order valence-electron chi connectivity index (χ0n) is 5.75. The van der Waals surface area contributed by atoms with E-state index in [1.807, 2.05) is 0 Å². The lowest BCUT2D eigenvalue weighted by molar-refractivity contribution is -0.106. The lowest BCUT2D eigenvalue weighted by Gasteiger charge is -1.95. The third-order valence-electron chi connectivity index (χ3n) is 1.21. The first-order valence-electron chi connectivity index (χ1n) is 3.02. The number of aromatic nitrogens is 1. The highest BCUT2D eigenvalue weighted by Gasteiger charge is 2.05. The van der Waals surface area contributed by atoms with Crippen molar-refractivity contribution < 1.29 is 4.79 Å². The Kier molecular flexibility index (Phi) is 2.39. The zero-order valence-corrected chi connectivity index (χ0v) is 6.51. The van der Waals surface area contributed by atoms with Gasteiger partial charge in [0.1, 0.15) is 0 Å². The van der Waals surface area contributed by atoms with Crippen LogP contribution in [0.25, 0.3) is 5.57 Å². The van der Waals surface area contributed by atoms with Gasteiger partial charge in [0.2, 0.25) is 0 Å². The summed E-state index contributed by atoms with van der Waals surface area (Å²) in [7, 11) is 0. The Morgan fingerprint density at radius 3 is 2.73 bits per heavy atom. The van der Waals surface area contributed by atoms with Gasteiger partial charge >= 0.3 is 0 Å². The number of hydrogen-bond acceptors (Lipinski definition) is 2. The molecule has 1 aromatic rings. The van der Waals surface area contributed by atoms with Crippen molar-refractivity contribution in [2.75, 3.05) is 0 Å². The SMILES string of the molecule is C=C(C(=O)Cl)c1ccccn1. The molecular weight excluding hydrogens is 162 g/mol. The molecule has 1 rings (SSSR count). The molecule has 1 heterocycles. The fourth-order valence-electron chi connectivity index (χ4n) is 0.642. The van der Waals surface area contributed by atoms with E-state index < -0.39 is 5.24 Å². The first-order chi connectivity index (χ1) is 5.22. The average molecular weight is 168 g/mol. The van der Waals surface area contributed by atoms with Crippen molar-refractivity contribution in [1.29, 1.82) is 0 Å². The molecule has 0 radical (unpaired) electrons. The van der Waals surface area contributed by atoms with Crippen molar-refractivity contribution >= 4 is 22.4 Å². The van der Waals surface area contributed by atoms with Gasteiger partial charge in [0.25, 0.3) is 5.24 Å². The van der Waals surface area contributed by atoms with Gasteiger partial charge in [0.15, 0.2) is 0 Å². The van der Waals surface area contributed by atoms with E-state index in [1.54, 1.807) is 24.4 Å². The van der Waals surface area contributed by atoms with Crippen molar-refractivity contribution in [3.8, 4) is 0 Å². The molecule has 11 heavy (non-hydrogen) atoms. The Balaban J connectivity index is 2.95. The summed E-state index contributed by atoms with van der Waals surface area (Å²) >= 11 is 5.18. The molecule has 0 spiro atoms. The number of hydrogen-bond donors (Lipinski definition) is 0. The number of halogens is 1. The molecule has 0 amide bonds. The van der Waals surface area contributed by atoms with Gasteiger partial charge < -0.3 is 0 Å². The van der Waals surface area contributed by atoms with Crippen LogP contribution in [0.3, 0.4) is 0 Å². The monoisotopic (exact) mass is 167 g/mol. The Bertz CT molecular complexity index is 281. The van der Waals surface area contributed by atoms with E-state index >= 15 is 0 Å². The maximum absolute atomic E-state index is 10.6. The smallest absolute Gasteiger partial charge is 0.253 e. The predicted octanol–water partition coefficient (Wildman–Crippen LogP) is 1.86. The Labute approximate surface area is 69.5 Å². The van der Waals surface area contributed by atoms with Crippen LogP contribution in [0.4, 0.5) is 0 Å². The van der Waals surface area contributed by atoms with Gasteiger partial charge in [-0.1, -0.05) is 12.6 Å². The second-order valence-corrected chi connectivity index (χ2v) is 2.31. The minimum absolute atomic E-state index is 0.229. The lowest BCUT2D eigenvalue weighted by Crippen LogP contribution is -1.93. The van der Waals surface area contributed by atoms with Crippen molar-refractivity contribution in [3.63, 3.8) is 0 Å². The minimum Gasteiger partial charge on any atom is -0.276 e. The highest BCUT2D eigenvalue weighted by atomic mass is 35.5.